The quantitative estimate of drug-likeness (QED) is 0.635. The molecule has 1 atom stereocenters. The molecular weight excluding hydrogens is 320 g/mol. The van der Waals surface area contributed by atoms with Gasteiger partial charge in [0.2, 0.25) is 0 Å². The fourth-order valence-electron chi connectivity index (χ4n) is 2.81. The van der Waals surface area contributed by atoms with Crippen LogP contribution in [0.5, 0.6) is 0 Å². The van der Waals surface area contributed by atoms with Gasteiger partial charge in [-0.25, -0.2) is 9.67 Å². The number of nitrogens with zero attached hydrogens (tertiary/aromatic N) is 5. The molecule has 134 valence electrons. The lowest BCUT2D eigenvalue weighted by Gasteiger charge is -2.34. The van der Waals surface area contributed by atoms with Crippen molar-refractivity contribution in [2.75, 3.05) is 40.5 Å². The lowest BCUT2D eigenvalue weighted by Crippen LogP contribution is -2.51. The zero-order chi connectivity index (χ0) is 17.5. The number of methoxy groups -OCH3 is 1. The van der Waals surface area contributed by atoms with E-state index in [0.717, 1.165) is 30.4 Å². The first-order chi connectivity index (χ1) is 12.3. The second-order valence-electron chi connectivity index (χ2n) is 5.77. The summed E-state index contributed by atoms with van der Waals surface area (Å²) in [7, 11) is 3.49. The summed E-state index contributed by atoms with van der Waals surface area (Å²) in [4.78, 5) is 10.9. The highest BCUT2D eigenvalue weighted by atomic mass is 16.5. The average Bonchev–Trinajstić information content (AvgIpc) is 3.18. The minimum atomic E-state index is 0.0737. The molecule has 1 aliphatic heterocycles. The van der Waals surface area contributed by atoms with Crippen molar-refractivity contribution in [1.29, 1.82) is 0 Å². The van der Waals surface area contributed by atoms with Crippen LogP contribution in [-0.4, -0.2) is 72.2 Å². The molecule has 1 unspecified atom stereocenters. The summed E-state index contributed by atoms with van der Waals surface area (Å²) >= 11 is 0. The molecule has 8 heteroatoms. The number of ether oxygens (including phenoxy) is 2. The Morgan fingerprint density at radius 3 is 3.16 bits per heavy atom. The van der Waals surface area contributed by atoms with Crippen molar-refractivity contribution in [2.45, 2.75) is 12.6 Å². The minimum absolute atomic E-state index is 0.0737. The summed E-state index contributed by atoms with van der Waals surface area (Å²) in [5.74, 6) is 1.66. The molecule has 2 aromatic rings. The van der Waals surface area contributed by atoms with Crippen LogP contribution in [0.3, 0.4) is 0 Å². The van der Waals surface area contributed by atoms with E-state index in [1.54, 1.807) is 31.2 Å². The Hall–Kier alpha value is -2.45. The molecule has 2 aromatic heterocycles. The first-order valence-electron chi connectivity index (χ1n) is 8.31. The smallest absolute Gasteiger partial charge is 0.194 e. The van der Waals surface area contributed by atoms with Gasteiger partial charge in [0, 0.05) is 52.4 Å². The number of aromatic nitrogens is 3. The number of guanidine groups is 1. The number of aliphatic imine (C=N–C) groups is 1. The molecule has 1 aliphatic rings. The van der Waals surface area contributed by atoms with E-state index in [4.69, 9.17) is 9.47 Å². The highest BCUT2D eigenvalue weighted by Gasteiger charge is 2.22. The molecule has 3 rings (SSSR count). The van der Waals surface area contributed by atoms with Crippen LogP contribution in [0.15, 0.2) is 41.8 Å². The van der Waals surface area contributed by atoms with Crippen molar-refractivity contribution in [3.05, 3.63) is 42.4 Å². The van der Waals surface area contributed by atoms with E-state index in [0.29, 0.717) is 19.8 Å². The number of hydrogen-bond donors (Lipinski definition) is 1. The average molecular weight is 344 g/mol. The molecule has 1 N–H and O–H groups in total. The van der Waals surface area contributed by atoms with E-state index in [2.05, 4.69) is 25.3 Å². The third-order valence-corrected chi connectivity index (χ3v) is 4.00. The number of pyridine rings is 1. The van der Waals surface area contributed by atoms with Crippen molar-refractivity contribution in [1.82, 2.24) is 25.0 Å². The number of nitrogens with one attached hydrogen (secondary N) is 1. The van der Waals surface area contributed by atoms with E-state index in [9.17, 15) is 0 Å². The Morgan fingerprint density at radius 1 is 1.48 bits per heavy atom. The van der Waals surface area contributed by atoms with Gasteiger partial charge in [-0.3, -0.25) is 4.99 Å². The molecular formula is C17H24N6O2. The standard InChI is InChI=1S/C17H24N6O2/c1-18-17(22-8-9-25-15(12-22)13-24-2)20-11-14-4-6-19-16(10-14)23-7-3-5-21-23/h3-7,10,15H,8-9,11-13H2,1-2H3,(H,18,20). The van der Waals surface area contributed by atoms with E-state index >= 15 is 0 Å². The van der Waals surface area contributed by atoms with E-state index in [1.165, 1.54) is 0 Å². The van der Waals surface area contributed by atoms with Gasteiger partial charge in [-0.05, 0) is 23.8 Å². The fraction of sp³-hybridized carbons (Fsp3) is 0.471. The van der Waals surface area contributed by atoms with Gasteiger partial charge in [0.1, 0.15) is 0 Å². The molecule has 8 nitrogen and oxygen atoms in total. The summed E-state index contributed by atoms with van der Waals surface area (Å²) in [6.45, 7) is 3.51. The maximum atomic E-state index is 5.70. The topological polar surface area (TPSA) is 76.8 Å². The Morgan fingerprint density at radius 2 is 2.40 bits per heavy atom. The van der Waals surface area contributed by atoms with Gasteiger partial charge in [0.15, 0.2) is 11.8 Å². The first-order valence-corrected chi connectivity index (χ1v) is 8.31. The van der Waals surface area contributed by atoms with Crippen molar-refractivity contribution >= 4 is 5.96 Å². The molecule has 0 radical (unpaired) electrons. The summed E-state index contributed by atoms with van der Waals surface area (Å²) in [5.41, 5.74) is 1.11. The molecule has 1 fully saturated rings. The molecule has 25 heavy (non-hydrogen) atoms. The highest BCUT2D eigenvalue weighted by molar-refractivity contribution is 5.80. The van der Waals surface area contributed by atoms with Crippen molar-refractivity contribution in [3.8, 4) is 5.82 Å². The molecule has 0 spiro atoms. The minimum Gasteiger partial charge on any atom is -0.382 e. The third-order valence-electron chi connectivity index (χ3n) is 4.00. The Kier molecular flexibility index (Phi) is 5.97. The van der Waals surface area contributed by atoms with Gasteiger partial charge in [-0.1, -0.05) is 0 Å². The predicted molar refractivity (Wildman–Crippen MR) is 94.7 cm³/mol. The van der Waals surface area contributed by atoms with Gasteiger partial charge < -0.3 is 19.7 Å². The zero-order valence-corrected chi connectivity index (χ0v) is 14.6. The number of rotatable bonds is 5. The van der Waals surface area contributed by atoms with Crippen LogP contribution in [-0.2, 0) is 16.0 Å². The van der Waals surface area contributed by atoms with E-state index in [-0.39, 0.29) is 6.10 Å². The van der Waals surface area contributed by atoms with Crippen molar-refractivity contribution in [2.24, 2.45) is 4.99 Å². The predicted octanol–water partition coefficient (Wildman–Crippen LogP) is 0.690. The zero-order valence-electron chi connectivity index (χ0n) is 14.6. The maximum Gasteiger partial charge on any atom is 0.194 e. The highest BCUT2D eigenvalue weighted by Crippen LogP contribution is 2.08. The van der Waals surface area contributed by atoms with Crippen LogP contribution in [0.4, 0.5) is 0 Å². The van der Waals surface area contributed by atoms with Gasteiger partial charge in [-0.2, -0.15) is 5.10 Å². The normalized spacial score (nSPS) is 18.4. The van der Waals surface area contributed by atoms with Crippen LogP contribution in [0.1, 0.15) is 5.56 Å². The van der Waals surface area contributed by atoms with Gasteiger partial charge in [0.05, 0.1) is 19.3 Å². The molecule has 0 aromatic carbocycles. The Balaban J connectivity index is 1.61. The summed E-state index contributed by atoms with van der Waals surface area (Å²) in [5, 5.41) is 7.63. The maximum absolute atomic E-state index is 5.70. The fourth-order valence-corrected chi connectivity index (χ4v) is 2.81. The number of hydrogen-bond acceptors (Lipinski definition) is 5. The van der Waals surface area contributed by atoms with Crippen LogP contribution < -0.4 is 5.32 Å². The van der Waals surface area contributed by atoms with Gasteiger partial charge in [-0.15, -0.1) is 0 Å². The van der Waals surface area contributed by atoms with E-state index in [1.807, 2.05) is 24.4 Å². The van der Waals surface area contributed by atoms with Gasteiger partial charge >= 0.3 is 0 Å². The molecule has 0 amide bonds. The largest absolute Gasteiger partial charge is 0.382 e. The number of morpholine rings is 1. The second kappa shape index (κ2) is 8.59. The van der Waals surface area contributed by atoms with Crippen LogP contribution in [0.2, 0.25) is 0 Å². The molecule has 0 saturated carbocycles. The lowest BCUT2D eigenvalue weighted by molar-refractivity contribution is -0.0447. The second-order valence-corrected chi connectivity index (χ2v) is 5.77. The molecule has 3 heterocycles. The monoisotopic (exact) mass is 344 g/mol. The Bertz CT molecular complexity index is 686. The van der Waals surface area contributed by atoms with Crippen LogP contribution in [0, 0.1) is 0 Å². The van der Waals surface area contributed by atoms with Gasteiger partial charge in [0.25, 0.3) is 0 Å². The summed E-state index contributed by atoms with van der Waals surface area (Å²) in [6, 6.07) is 5.88. The molecule has 1 saturated heterocycles. The van der Waals surface area contributed by atoms with Crippen molar-refractivity contribution in [3.63, 3.8) is 0 Å². The van der Waals surface area contributed by atoms with Crippen LogP contribution >= 0.6 is 0 Å². The molecule has 0 aliphatic carbocycles. The lowest BCUT2D eigenvalue weighted by atomic mass is 10.2. The van der Waals surface area contributed by atoms with Crippen LogP contribution in [0.25, 0.3) is 5.82 Å². The summed E-state index contributed by atoms with van der Waals surface area (Å²) < 4.78 is 12.6. The molecule has 0 bridgehead atoms. The Labute approximate surface area is 147 Å². The SMILES string of the molecule is CN=C(NCc1ccnc(-n2cccn2)c1)N1CCOC(COC)C1. The third kappa shape index (κ3) is 4.55. The first kappa shape index (κ1) is 17.4. The summed E-state index contributed by atoms with van der Waals surface area (Å²) in [6.07, 6.45) is 5.48. The van der Waals surface area contributed by atoms with Crippen molar-refractivity contribution < 1.29 is 9.47 Å². The van der Waals surface area contributed by atoms with E-state index < -0.39 is 0 Å².